The van der Waals surface area contributed by atoms with Gasteiger partial charge in [-0.2, -0.15) is 5.10 Å². The second-order valence-corrected chi connectivity index (χ2v) is 3.82. The fraction of sp³-hybridized carbons (Fsp3) is 0.308. The van der Waals surface area contributed by atoms with E-state index < -0.39 is 0 Å². The third kappa shape index (κ3) is 3.31. The maximum atomic E-state index is 7.51. The van der Waals surface area contributed by atoms with Crippen LogP contribution >= 0.6 is 0 Å². The molecule has 0 radical (unpaired) electrons. The Kier molecular flexibility index (Phi) is 5.05. The van der Waals surface area contributed by atoms with Gasteiger partial charge in [0, 0.05) is 11.1 Å². The minimum absolute atomic E-state index is 0.0614. The molecule has 7 N–H and O–H groups in total. The van der Waals surface area contributed by atoms with Crippen LogP contribution in [0.3, 0.4) is 0 Å². The molecule has 0 atom stereocenters. The van der Waals surface area contributed by atoms with E-state index in [4.69, 9.17) is 22.6 Å². The van der Waals surface area contributed by atoms with E-state index in [-0.39, 0.29) is 11.8 Å². The van der Waals surface area contributed by atoms with Crippen LogP contribution in [0, 0.1) is 5.41 Å². The lowest BCUT2D eigenvalue weighted by atomic mass is 10.0. The first-order valence-electron chi connectivity index (χ1n) is 6.21. The summed E-state index contributed by atoms with van der Waals surface area (Å²) in [5.74, 6) is 0.0126. The van der Waals surface area contributed by atoms with Gasteiger partial charge < -0.3 is 17.2 Å². The molecule has 0 bridgehead atoms. The molecule has 0 aliphatic heterocycles. The minimum Gasteiger partial charge on any atom is -0.384 e. The molecule has 0 spiro atoms. The van der Waals surface area contributed by atoms with E-state index in [0.717, 1.165) is 35.2 Å². The smallest absolute Gasteiger partial charge is 0.211 e. The number of nitrogens with two attached hydrogens (primary N) is 3. The molecular formula is C13H20N6. The molecule has 1 aromatic rings. The van der Waals surface area contributed by atoms with Crippen LogP contribution in [0.5, 0.6) is 0 Å². The Hall–Kier alpha value is -2.37. The van der Waals surface area contributed by atoms with Crippen LogP contribution in [0.15, 0.2) is 28.4 Å². The monoisotopic (exact) mass is 260 g/mol. The van der Waals surface area contributed by atoms with Crippen molar-refractivity contribution in [3.63, 3.8) is 0 Å². The van der Waals surface area contributed by atoms with Gasteiger partial charge in [-0.15, -0.1) is 5.10 Å². The van der Waals surface area contributed by atoms with Crippen LogP contribution in [-0.4, -0.2) is 17.5 Å². The number of guanidine groups is 1. The first-order valence-corrected chi connectivity index (χ1v) is 6.21. The van der Waals surface area contributed by atoms with Crippen molar-refractivity contribution in [1.82, 2.24) is 0 Å². The number of nitrogens with zero attached hydrogens (tertiary/aromatic N) is 2. The zero-order valence-corrected chi connectivity index (χ0v) is 11.3. The fourth-order valence-corrected chi connectivity index (χ4v) is 1.98. The lowest BCUT2D eigenvalue weighted by Crippen LogP contribution is -2.22. The first-order chi connectivity index (χ1) is 9.09. The number of nitrogen functional groups attached to an aromatic ring is 1. The molecule has 0 saturated carbocycles. The second kappa shape index (κ2) is 6.53. The summed E-state index contributed by atoms with van der Waals surface area (Å²) in [6, 6.07) is 5.63. The molecule has 1 aliphatic rings. The Morgan fingerprint density at radius 2 is 1.84 bits per heavy atom. The number of rotatable bonds is 2. The van der Waals surface area contributed by atoms with Crippen LogP contribution < -0.4 is 17.2 Å². The number of hydrogen-bond acceptors (Lipinski definition) is 3. The Morgan fingerprint density at radius 1 is 1.16 bits per heavy atom. The topological polar surface area (TPSA) is 127 Å². The summed E-state index contributed by atoms with van der Waals surface area (Å²) in [6.45, 7) is 4.00. The van der Waals surface area contributed by atoms with Crippen molar-refractivity contribution in [3.8, 4) is 0 Å². The van der Waals surface area contributed by atoms with E-state index in [1.54, 1.807) is 0 Å². The summed E-state index contributed by atoms with van der Waals surface area (Å²) in [5, 5.41) is 15.2. The van der Waals surface area contributed by atoms with Gasteiger partial charge in [-0.3, -0.25) is 5.41 Å². The molecule has 0 unspecified atom stereocenters. The van der Waals surface area contributed by atoms with E-state index >= 15 is 0 Å². The van der Waals surface area contributed by atoms with Gasteiger partial charge in [-0.25, -0.2) is 0 Å². The molecule has 1 aromatic carbocycles. The van der Waals surface area contributed by atoms with Crippen LogP contribution in [0.4, 0.5) is 0 Å². The van der Waals surface area contributed by atoms with Gasteiger partial charge in [0.25, 0.3) is 0 Å². The molecule has 2 rings (SSSR count). The van der Waals surface area contributed by atoms with Gasteiger partial charge in [0.2, 0.25) is 5.96 Å². The highest BCUT2D eigenvalue weighted by Crippen LogP contribution is 2.25. The number of benzene rings is 1. The first kappa shape index (κ1) is 14.7. The Morgan fingerprint density at radius 3 is 2.42 bits per heavy atom. The summed E-state index contributed by atoms with van der Waals surface area (Å²) < 4.78 is 0. The van der Waals surface area contributed by atoms with Crippen molar-refractivity contribution in [1.29, 1.82) is 5.41 Å². The maximum Gasteiger partial charge on any atom is 0.211 e. The normalized spacial score (nSPS) is 14.3. The minimum atomic E-state index is -0.0614. The number of amidine groups is 1. The molecule has 0 fully saturated rings. The quantitative estimate of drug-likeness (QED) is 0.358. The third-order valence-corrected chi connectivity index (χ3v) is 2.68. The average Bonchev–Trinajstić information content (AvgIpc) is 2.81. The second-order valence-electron chi connectivity index (χ2n) is 3.82. The predicted octanol–water partition coefficient (Wildman–Crippen LogP) is 0.921. The van der Waals surface area contributed by atoms with Crippen LogP contribution in [0.1, 0.15) is 37.0 Å². The lowest BCUT2D eigenvalue weighted by molar-refractivity contribution is 1.07. The Labute approximate surface area is 112 Å². The SMILES string of the molecule is CC.N=C(N)c1cccc2c1CCC2=NN=C(N)N. The predicted molar refractivity (Wildman–Crippen MR) is 79.5 cm³/mol. The summed E-state index contributed by atoms with van der Waals surface area (Å²) in [5.41, 5.74) is 19.6. The number of hydrogen-bond donors (Lipinski definition) is 4. The van der Waals surface area contributed by atoms with Gasteiger partial charge in [-0.1, -0.05) is 32.0 Å². The van der Waals surface area contributed by atoms with Crippen LogP contribution in [0.2, 0.25) is 0 Å². The van der Waals surface area contributed by atoms with Crippen LogP contribution in [0.25, 0.3) is 0 Å². The zero-order chi connectivity index (χ0) is 14.4. The molecule has 6 nitrogen and oxygen atoms in total. The maximum absolute atomic E-state index is 7.51. The molecule has 0 saturated heterocycles. The highest BCUT2D eigenvalue weighted by atomic mass is 15.3. The van der Waals surface area contributed by atoms with E-state index in [0.29, 0.717) is 0 Å². The molecule has 102 valence electrons. The fourth-order valence-electron chi connectivity index (χ4n) is 1.98. The number of nitrogens with one attached hydrogen (secondary N) is 1. The van der Waals surface area contributed by atoms with Gasteiger partial charge in [0.1, 0.15) is 5.84 Å². The standard InChI is InChI=1S/C11H14N6.C2H6/c12-10(13)8-3-1-2-7-6(8)4-5-9(7)16-17-11(14)15;1-2/h1-3H,4-5H2,(H3,12,13)(H4,14,15,17);1-2H3. The van der Waals surface area contributed by atoms with Crippen molar-refractivity contribution in [2.45, 2.75) is 26.7 Å². The molecule has 0 amide bonds. The Bertz CT molecular complexity index is 526. The summed E-state index contributed by atoms with van der Waals surface area (Å²) in [4.78, 5) is 0. The van der Waals surface area contributed by atoms with Gasteiger partial charge in [-0.05, 0) is 18.4 Å². The molecule has 6 heteroatoms. The average molecular weight is 260 g/mol. The van der Waals surface area contributed by atoms with Crippen molar-refractivity contribution < 1.29 is 0 Å². The van der Waals surface area contributed by atoms with Crippen LogP contribution in [-0.2, 0) is 6.42 Å². The molecule has 0 heterocycles. The van der Waals surface area contributed by atoms with E-state index in [1.165, 1.54) is 0 Å². The van der Waals surface area contributed by atoms with Crippen molar-refractivity contribution >= 4 is 17.5 Å². The molecule has 0 aromatic heterocycles. The van der Waals surface area contributed by atoms with Crippen molar-refractivity contribution in [3.05, 3.63) is 34.9 Å². The van der Waals surface area contributed by atoms with Gasteiger partial charge >= 0.3 is 0 Å². The van der Waals surface area contributed by atoms with Gasteiger partial charge in [0.15, 0.2) is 0 Å². The summed E-state index contributed by atoms with van der Waals surface area (Å²) in [7, 11) is 0. The van der Waals surface area contributed by atoms with E-state index in [2.05, 4.69) is 10.2 Å². The highest BCUT2D eigenvalue weighted by Gasteiger charge is 2.21. The zero-order valence-electron chi connectivity index (χ0n) is 11.3. The number of fused-ring (bicyclic) bond motifs is 1. The highest BCUT2D eigenvalue weighted by molar-refractivity contribution is 6.08. The summed E-state index contributed by atoms with van der Waals surface area (Å²) in [6.07, 6.45) is 1.57. The largest absolute Gasteiger partial charge is 0.384 e. The van der Waals surface area contributed by atoms with E-state index in [1.807, 2.05) is 32.0 Å². The lowest BCUT2D eigenvalue weighted by Gasteiger charge is -2.05. The molecule has 1 aliphatic carbocycles. The van der Waals surface area contributed by atoms with Gasteiger partial charge in [0.05, 0.1) is 5.71 Å². The van der Waals surface area contributed by atoms with Crippen molar-refractivity contribution in [2.24, 2.45) is 27.4 Å². The van der Waals surface area contributed by atoms with Crippen molar-refractivity contribution in [2.75, 3.05) is 0 Å². The molecular weight excluding hydrogens is 240 g/mol. The summed E-state index contributed by atoms with van der Waals surface area (Å²) >= 11 is 0. The third-order valence-electron chi connectivity index (χ3n) is 2.68. The Balaban J connectivity index is 0.000000861. The van der Waals surface area contributed by atoms with E-state index in [9.17, 15) is 0 Å². The molecule has 19 heavy (non-hydrogen) atoms.